The van der Waals surface area contributed by atoms with Crippen LogP contribution in [-0.2, 0) is 9.59 Å². The molecule has 2 aromatic rings. The summed E-state index contributed by atoms with van der Waals surface area (Å²) in [4.78, 5) is 29.5. The van der Waals surface area contributed by atoms with Crippen molar-refractivity contribution in [3.8, 4) is 5.69 Å². The van der Waals surface area contributed by atoms with Gasteiger partial charge in [-0.05, 0) is 50.7 Å². The van der Waals surface area contributed by atoms with E-state index in [-0.39, 0.29) is 11.8 Å². The normalized spacial score (nSPS) is 20.1. The van der Waals surface area contributed by atoms with Gasteiger partial charge in [0, 0.05) is 37.8 Å². The van der Waals surface area contributed by atoms with Crippen LogP contribution in [0.4, 0.5) is 0 Å². The molecule has 0 radical (unpaired) electrons. The molecule has 0 spiro atoms. The molecule has 166 valence electrons. The predicted octanol–water partition coefficient (Wildman–Crippen LogP) is 3.16. The summed E-state index contributed by atoms with van der Waals surface area (Å²) < 4.78 is 1.90. The van der Waals surface area contributed by atoms with Crippen LogP contribution < -0.4 is 0 Å². The minimum Gasteiger partial charge on any atom is -0.342 e. The van der Waals surface area contributed by atoms with Gasteiger partial charge in [0.1, 0.15) is 6.33 Å². The number of piperidine rings is 2. The lowest BCUT2D eigenvalue weighted by Gasteiger charge is -2.37. The van der Waals surface area contributed by atoms with E-state index in [1.54, 1.807) is 6.33 Å². The molecule has 3 heterocycles. The van der Waals surface area contributed by atoms with Crippen molar-refractivity contribution >= 4 is 23.6 Å². The SMILES string of the molecule is Cc1ccc(-n2cnnc2SCC(=O)N2CCC(C(=O)N3CCCC(C)C3)CC2)cc1. The third kappa shape index (κ3) is 5.29. The summed E-state index contributed by atoms with van der Waals surface area (Å²) in [6.07, 6.45) is 5.52. The Kier molecular flexibility index (Phi) is 6.95. The minimum atomic E-state index is 0.0617. The zero-order valence-electron chi connectivity index (χ0n) is 18.4. The molecule has 8 heteroatoms. The molecule has 1 aromatic heterocycles. The number of rotatable bonds is 5. The number of benzene rings is 1. The van der Waals surface area contributed by atoms with Gasteiger partial charge in [-0.1, -0.05) is 36.4 Å². The third-order valence-electron chi connectivity index (χ3n) is 6.32. The Morgan fingerprint density at radius 1 is 1.06 bits per heavy atom. The number of aromatic nitrogens is 3. The average molecular weight is 442 g/mol. The first kappa shape index (κ1) is 21.9. The Morgan fingerprint density at radius 3 is 2.52 bits per heavy atom. The molecule has 0 bridgehead atoms. The van der Waals surface area contributed by atoms with Crippen molar-refractivity contribution < 1.29 is 9.59 Å². The van der Waals surface area contributed by atoms with Crippen LogP contribution in [0.1, 0.15) is 38.2 Å². The molecule has 0 N–H and O–H groups in total. The fraction of sp³-hybridized carbons (Fsp3) is 0.565. The fourth-order valence-corrected chi connectivity index (χ4v) is 5.28. The molecule has 1 aromatic carbocycles. The van der Waals surface area contributed by atoms with Gasteiger partial charge in [-0.2, -0.15) is 0 Å². The van der Waals surface area contributed by atoms with Crippen LogP contribution in [-0.4, -0.2) is 68.3 Å². The molecular weight excluding hydrogens is 410 g/mol. The van der Waals surface area contributed by atoms with Crippen LogP contribution in [0, 0.1) is 18.8 Å². The molecule has 2 aliphatic heterocycles. The zero-order valence-corrected chi connectivity index (χ0v) is 19.2. The van der Waals surface area contributed by atoms with E-state index >= 15 is 0 Å². The first-order valence-electron chi connectivity index (χ1n) is 11.2. The molecule has 1 unspecified atom stereocenters. The molecule has 0 saturated carbocycles. The van der Waals surface area contributed by atoms with Crippen molar-refractivity contribution in [1.29, 1.82) is 0 Å². The number of aryl methyl sites for hydroxylation is 1. The zero-order chi connectivity index (χ0) is 21.8. The van der Waals surface area contributed by atoms with Crippen LogP contribution >= 0.6 is 11.8 Å². The van der Waals surface area contributed by atoms with Gasteiger partial charge in [0.05, 0.1) is 5.75 Å². The number of amides is 2. The quantitative estimate of drug-likeness (QED) is 0.667. The monoisotopic (exact) mass is 441 g/mol. The summed E-state index contributed by atoms with van der Waals surface area (Å²) in [6, 6.07) is 8.14. The van der Waals surface area contributed by atoms with Gasteiger partial charge in [-0.25, -0.2) is 0 Å². The van der Waals surface area contributed by atoms with Crippen LogP contribution in [0.2, 0.25) is 0 Å². The van der Waals surface area contributed by atoms with Crippen molar-refractivity contribution in [1.82, 2.24) is 24.6 Å². The lowest BCUT2D eigenvalue weighted by Crippen LogP contribution is -2.47. The Hall–Kier alpha value is -2.35. The van der Waals surface area contributed by atoms with Gasteiger partial charge in [-0.3, -0.25) is 14.2 Å². The standard InChI is InChI=1S/C23H31N5O2S/c1-17-5-7-20(8-6-17)28-16-24-25-23(28)31-15-21(29)26-12-9-19(10-13-26)22(30)27-11-3-4-18(2)14-27/h5-8,16,18-19H,3-4,9-15H2,1-2H3. The van der Waals surface area contributed by atoms with Gasteiger partial charge in [-0.15, -0.1) is 10.2 Å². The molecule has 31 heavy (non-hydrogen) atoms. The Bertz CT molecular complexity index is 905. The predicted molar refractivity (Wildman–Crippen MR) is 121 cm³/mol. The molecule has 2 saturated heterocycles. The Balaban J connectivity index is 1.27. The lowest BCUT2D eigenvalue weighted by atomic mass is 9.93. The van der Waals surface area contributed by atoms with E-state index in [0.717, 1.165) is 38.0 Å². The second-order valence-corrected chi connectivity index (χ2v) is 9.74. The highest BCUT2D eigenvalue weighted by Gasteiger charge is 2.31. The van der Waals surface area contributed by atoms with Crippen LogP contribution in [0.25, 0.3) is 5.69 Å². The maximum Gasteiger partial charge on any atom is 0.233 e. The highest BCUT2D eigenvalue weighted by molar-refractivity contribution is 7.99. The average Bonchev–Trinajstić information content (AvgIpc) is 3.26. The third-order valence-corrected chi connectivity index (χ3v) is 7.25. The van der Waals surface area contributed by atoms with Crippen molar-refractivity contribution in [2.45, 2.75) is 44.7 Å². The highest BCUT2D eigenvalue weighted by Crippen LogP contribution is 2.25. The summed E-state index contributed by atoms with van der Waals surface area (Å²) >= 11 is 1.41. The van der Waals surface area contributed by atoms with E-state index in [1.165, 1.54) is 23.7 Å². The summed E-state index contributed by atoms with van der Waals surface area (Å²) in [5, 5.41) is 8.91. The number of hydrogen-bond acceptors (Lipinski definition) is 5. The summed E-state index contributed by atoms with van der Waals surface area (Å²) in [5.41, 5.74) is 2.18. The Morgan fingerprint density at radius 2 is 1.81 bits per heavy atom. The molecule has 2 aliphatic rings. The topological polar surface area (TPSA) is 71.3 Å². The Labute approximate surface area is 188 Å². The maximum atomic E-state index is 12.8. The van der Waals surface area contributed by atoms with Gasteiger partial charge in [0.2, 0.25) is 11.8 Å². The van der Waals surface area contributed by atoms with E-state index < -0.39 is 0 Å². The molecule has 7 nitrogen and oxygen atoms in total. The van der Waals surface area contributed by atoms with Crippen molar-refractivity contribution in [3.63, 3.8) is 0 Å². The van der Waals surface area contributed by atoms with E-state index in [0.29, 0.717) is 35.8 Å². The fourth-order valence-electron chi connectivity index (χ4n) is 4.45. The number of hydrogen-bond donors (Lipinski definition) is 0. The number of nitrogens with zero attached hydrogens (tertiary/aromatic N) is 5. The van der Waals surface area contributed by atoms with Crippen molar-refractivity contribution in [2.75, 3.05) is 31.9 Å². The first-order chi connectivity index (χ1) is 15.0. The second-order valence-electron chi connectivity index (χ2n) is 8.79. The van der Waals surface area contributed by atoms with E-state index in [9.17, 15) is 9.59 Å². The van der Waals surface area contributed by atoms with Gasteiger partial charge >= 0.3 is 0 Å². The summed E-state index contributed by atoms with van der Waals surface area (Å²) in [6.45, 7) is 7.36. The largest absolute Gasteiger partial charge is 0.342 e. The number of thioether (sulfide) groups is 1. The molecule has 1 atom stereocenters. The highest BCUT2D eigenvalue weighted by atomic mass is 32.2. The number of likely N-dealkylation sites (tertiary alicyclic amines) is 2. The van der Waals surface area contributed by atoms with Crippen molar-refractivity contribution in [3.05, 3.63) is 36.2 Å². The smallest absolute Gasteiger partial charge is 0.233 e. The number of carbonyl (C=O) groups excluding carboxylic acids is 2. The van der Waals surface area contributed by atoms with Crippen molar-refractivity contribution in [2.24, 2.45) is 11.8 Å². The maximum absolute atomic E-state index is 12.8. The molecule has 2 fully saturated rings. The van der Waals surface area contributed by atoms with Gasteiger partial charge < -0.3 is 9.80 Å². The molecular formula is C23H31N5O2S. The summed E-state index contributed by atoms with van der Waals surface area (Å²) in [7, 11) is 0. The number of carbonyl (C=O) groups is 2. The molecule has 0 aliphatic carbocycles. The first-order valence-corrected chi connectivity index (χ1v) is 12.2. The van der Waals surface area contributed by atoms with Crippen LogP contribution in [0.15, 0.2) is 35.7 Å². The van der Waals surface area contributed by atoms with Crippen LogP contribution in [0.3, 0.4) is 0 Å². The molecule has 4 rings (SSSR count). The van der Waals surface area contributed by atoms with E-state index in [1.807, 2.05) is 45.6 Å². The minimum absolute atomic E-state index is 0.0617. The van der Waals surface area contributed by atoms with Gasteiger partial charge in [0.15, 0.2) is 5.16 Å². The van der Waals surface area contributed by atoms with Crippen LogP contribution in [0.5, 0.6) is 0 Å². The summed E-state index contributed by atoms with van der Waals surface area (Å²) in [5.74, 6) is 1.37. The second kappa shape index (κ2) is 9.85. The van der Waals surface area contributed by atoms with Gasteiger partial charge in [0.25, 0.3) is 0 Å². The van der Waals surface area contributed by atoms with E-state index in [4.69, 9.17) is 0 Å². The van der Waals surface area contributed by atoms with E-state index in [2.05, 4.69) is 17.1 Å². The molecule has 2 amide bonds. The lowest BCUT2D eigenvalue weighted by molar-refractivity contribution is -0.141.